The highest BCUT2D eigenvalue weighted by atomic mass is 16.5. The Kier molecular flexibility index (Phi) is 6.15. The lowest BCUT2D eigenvalue weighted by Crippen LogP contribution is -2.47. The summed E-state index contributed by atoms with van der Waals surface area (Å²) < 4.78 is 11.0. The van der Waals surface area contributed by atoms with E-state index in [0.717, 1.165) is 64.3 Å². The maximum atomic E-state index is 12.9. The SMILES string of the molecule is CCCC1(CO)CCCN(C(=O)c2coc(CN3CCOCC3)c2)C1. The van der Waals surface area contributed by atoms with Crippen molar-refractivity contribution in [3.8, 4) is 0 Å². The number of carbonyl (C=O) groups excluding carboxylic acids is 1. The third-order valence-corrected chi connectivity index (χ3v) is 5.45. The molecule has 0 radical (unpaired) electrons. The molecule has 0 spiro atoms. The zero-order valence-corrected chi connectivity index (χ0v) is 15.2. The van der Waals surface area contributed by atoms with Crippen LogP contribution < -0.4 is 0 Å². The van der Waals surface area contributed by atoms with Crippen molar-refractivity contribution in [1.29, 1.82) is 0 Å². The van der Waals surface area contributed by atoms with Crippen LogP contribution in [-0.2, 0) is 11.3 Å². The number of morpholine rings is 1. The summed E-state index contributed by atoms with van der Waals surface area (Å²) in [5, 5.41) is 9.86. The van der Waals surface area contributed by atoms with Crippen LogP contribution in [0.15, 0.2) is 16.7 Å². The minimum absolute atomic E-state index is 0.0191. The van der Waals surface area contributed by atoms with E-state index in [1.807, 2.05) is 11.0 Å². The third kappa shape index (κ3) is 4.43. The second kappa shape index (κ2) is 8.34. The van der Waals surface area contributed by atoms with Gasteiger partial charge in [0.05, 0.1) is 31.9 Å². The van der Waals surface area contributed by atoms with E-state index in [9.17, 15) is 9.90 Å². The molecule has 1 amide bonds. The van der Waals surface area contributed by atoms with Crippen LogP contribution >= 0.6 is 0 Å². The fourth-order valence-electron chi connectivity index (χ4n) is 4.06. The van der Waals surface area contributed by atoms with Crippen molar-refractivity contribution in [1.82, 2.24) is 9.80 Å². The van der Waals surface area contributed by atoms with Gasteiger partial charge in [0.2, 0.25) is 0 Å². The summed E-state index contributed by atoms with van der Waals surface area (Å²) >= 11 is 0. The van der Waals surface area contributed by atoms with E-state index in [1.165, 1.54) is 0 Å². The smallest absolute Gasteiger partial charge is 0.257 e. The van der Waals surface area contributed by atoms with E-state index in [0.29, 0.717) is 18.7 Å². The van der Waals surface area contributed by atoms with Crippen molar-refractivity contribution in [3.05, 3.63) is 23.7 Å². The van der Waals surface area contributed by atoms with Gasteiger partial charge in [-0.25, -0.2) is 0 Å². The molecule has 2 aliphatic heterocycles. The third-order valence-electron chi connectivity index (χ3n) is 5.45. The topological polar surface area (TPSA) is 66.2 Å². The molecule has 0 aliphatic carbocycles. The van der Waals surface area contributed by atoms with Gasteiger partial charge in [0.15, 0.2) is 0 Å². The molecule has 2 aliphatic rings. The van der Waals surface area contributed by atoms with Crippen LogP contribution in [-0.4, -0.2) is 66.8 Å². The molecule has 6 nitrogen and oxygen atoms in total. The molecule has 3 heterocycles. The Morgan fingerprint density at radius 3 is 2.84 bits per heavy atom. The van der Waals surface area contributed by atoms with Gasteiger partial charge in [0, 0.05) is 31.6 Å². The van der Waals surface area contributed by atoms with Crippen molar-refractivity contribution >= 4 is 5.91 Å². The van der Waals surface area contributed by atoms with E-state index < -0.39 is 0 Å². The number of nitrogens with zero attached hydrogens (tertiary/aromatic N) is 2. The molecule has 25 heavy (non-hydrogen) atoms. The van der Waals surface area contributed by atoms with E-state index >= 15 is 0 Å². The van der Waals surface area contributed by atoms with Gasteiger partial charge in [-0.15, -0.1) is 0 Å². The van der Waals surface area contributed by atoms with Crippen LogP contribution in [0.5, 0.6) is 0 Å². The molecule has 6 heteroatoms. The number of aliphatic hydroxyl groups is 1. The highest BCUT2D eigenvalue weighted by Gasteiger charge is 2.36. The van der Waals surface area contributed by atoms with E-state index in [2.05, 4.69) is 11.8 Å². The minimum Gasteiger partial charge on any atom is -0.467 e. The molecule has 2 fully saturated rings. The largest absolute Gasteiger partial charge is 0.467 e. The number of amides is 1. The van der Waals surface area contributed by atoms with Gasteiger partial charge in [-0.2, -0.15) is 0 Å². The summed E-state index contributed by atoms with van der Waals surface area (Å²) in [6.07, 6.45) is 5.51. The van der Waals surface area contributed by atoms with Gasteiger partial charge in [0.1, 0.15) is 12.0 Å². The summed E-state index contributed by atoms with van der Waals surface area (Å²) in [7, 11) is 0. The number of likely N-dealkylation sites (tertiary alicyclic amines) is 1. The lowest BCUT2D eigenvalue weighted by molar-refractivity contribution is 0.0222. The predicted octanol–water partition coefficient (Wildman–Crippen LogP) is 2.13. The van der Waals surface area contributed by atoms with Crippen molar-refractivity contribution in [3.63, 3.8) is 0 Å². The normalized spacial score (nSPS) is 25.3. The number of hydrogen-bond donors (Lipinski definition) is 1. The second-order valence-electron chi connectivity index (χ2n) is 7.43. The van der Waals surface area contributed by atoms with Gasteiger partial charge in [-0.1, -0.05) is 13.3 Å². The van der Waals surface area contributed by atoms with E-state index in [1.54, 1.807) is 6.26 Å². The summed E-state index contributed by atoms with van der Waals surface area (Å²) in [4.78, 5) is 17.0. The molecule has 0 saturated carbocycles. The molecular formula is C19H30N2O4. The highest BCUT2D eigenvalue weighted by Crippen LogP contribution is 2.34. The number of furan rings is 1. The zero-order chi connectivity index (χ0) is 17.7. The Bertz CT molecular complexity index is 564. The fourth-order valence-corrected chi connectivity index (χ4v) is 4.06. The molecule has 0 bridgehead atoms. The van der Waals surface area contributed by atoms with Gasteiger partial charge >= 0.3 is 0 Å². The molecule has 1 aromatic heterocycles. The lowest BCUT2D eigenvalue weighted by atomic mass is 9.77. The first-order valence-corrected chi connectivity index (χ1v) is 9.43. The highest BCUT2D eigenvalue weighted by molar-refractivity contribution is 5.94. The second-order valence-corrected chi connectivity index (χ2v) is 7.43. The number of piperidine rings is 1. The average Bonchev–Trinajstić information content (AvgIpc) is 3.11. The van der Waals surface area contributed by atoms with Crippen molar-refractivity contribution in [2.75, 3.05) is 46.0 Å². The van der Waals surface area contributed by atoms with Crippen LogP contribution in [0.4, 0.5) is 0 Å². The lowest BCUT2D eigenvalue weighted by Gasteiger charge is -2.41. The molecule has 2 saturated heterocycles. The first-order valence-electron chi connectivity index (χ1n) is 9.43. The van der Waals surface area contributed by atoms with Crippen molar-refractivity contribution in [2.24, 2.45) is 5.41 Å². The molecule has 1 atom stereocenters. The maximum Gasteiger partial charge on any atom is 0.257 e. The summed E-state index contributed by atoms with van der Waals surface area (Å²) in [5.74, 6) is 0.842. The van der Waals surface area contributed by atoms with E-state index in [4.69, 9.17) is 9.15 Å². The standard InChI is InChI=1S/C19H30N2O4/c1-2-4-19(15-22)5-3-6-21(14-19)18(23)16-11-17(25-13-16)12-20-7-9-24-10-8-20/h11,13,22H,2-10,12,14-15H2,1H3. The summed E-state index contributed by atoms with van der Waals surface area (Å²) in [5.41, 5.74) is 0.483. The molecule has 1 N–H and O–H groups in total. The van der Waals surface area contributed by atoms with Crippen LogP contribution in [0, 0.1) is 5.41 Å². The van der Waals surface area contributed by atoms with Crippen LogP contribution in [0.2, 0.25) is 0 Å². The van der Waals surface area contributed by atoms with Crippen molar-refractivity contribution < 1.29 is 19.1 Å². The van der Waals surface area contributed by atoms with Crippen molar-refractivity contribution in [2.45, 2.75) is 39.2 Å². The monoisotopic (exact) mass is 350 g/mol. The predicted molar refractivity (Wildman–Crippen MR) is 94.4 cm³/mol. The summed E-state index contributed by atoms with van der Waals surface area (Å²) in [6.45, 7) is 7.69. The fraction of sp³-hybridized carbons (Fsp3) is 0.737. The van der Waals surface area contributed by atoms with Gasteiger partial charge in [-0.3, -0.25) is 9.69 Å². The average molecular weight is 350 g/mol. The Labute approximate surface area is 149 Å². The van der Waals surface area contributed by atoms with Gasteiger partial charge in [-0.05, 0) is 25.3 Å². The first kappa shape index (κ1) is 18.4. The maximum absolute atomic E-state index is 12.9. The molecule has 1 unspecified atom stereocenters. The Morgan fingerprint density at radius 1 is 1.32 bits per heavy atom. The molecular weight excluding hydrogens is 320 g/mol. The van der Waals surface area contributed by atoms with Crippen LogP contribution in [0.1, 0.15) is 48.7 Å². The van der Waals surface area contributed by atoms with Crippen LogP contribution in [0.3, 0.4) is 0 Å². The quantitative estimate of drug-likeness (QED) is 0.851. The minimum atomic E-state index is -0.136. The van der Waals surface area contributed by atoms with Gasteiger partial charge in [0.25, 0.3) is 5.91 Å². The Morgan fingerprint density at radius 2 is 2.12 bits per heavy atom. The molecule has 0 aromatic carbocycles. The Balaban J connectivity index is 1.62. The number of hydrogen-bond acceptors (Lipinski definition) is 5. The number of aliphatic hydroxyl groups excluding tert-OH is 1. The number of rotatable bonds is 6. The molecule has 140 valence electrons. The zero-order valence-electron chi connectivity index (χ0n) is 15.2. The summed E-state index contributed by atoms with van der Waals surface area (Å²) in [6, 6.07) is 1.87. The molecule has 1 aromatic rings. The van der Waals surface area contributed by atoms with Gasteiger partial charge < -0.3 is 19.2 Å². The first-order chi connectivity index (χ1) is 12.2. The molecule has 3 rings (SSSR count). The van der Waals surface area contributed by atoms with Crippen LogP contribution in [0.25, 0.3) is 0 Å². The Hall–Kier alpha value is -1.37. The number of ether oxygens (including phenoxy) is 1. The van der Waals surface area contributed by atoms with E-state index in [-0.39, 0.29) is 17.9 Å². The number of carbonyl (C=O) groups is 1.